The monoisotopic (exact) mass is 355 g/mol. The molecule has 1 N–H and O–H groups in total. The van der Waals surface area contributed by atoms with Gasteiger partial charge in [-0.3, -0.25) is 5.43 Å². The van der Waals surface area contributed by atoms with Gasteiger partial charge in [0.1, 0.15) is 0 Å². The first-order valence-electron chi connectivity index (χ1n) is 7.94. The SMILES string of the molecule is COc1ccc(C2=NNC(=Nc3ccc(C)cc3C)SC2)cc1OC. The summed E-state index contributed by atoms with van der Waals surface area (Å²) in [5.41, 5.74) is 8.36. The van der Waals surface area contributed by atoms with Crippen LogP contribution in [0.3, 0.4) is 0 Å². The van der Waals surface area contributed by atoms with Gasteiger partial charge in [0.2, 0.25) is 0 Å². The van der Waals surface area contributed by atoms with Gasteiger partial charge in [-0.1, -0.05) is 29.5 Å². The van der Waals surface area contributed by atoms with Crippen molar-refractivity contribution in [3.8, 4) is 11.5 Å². The van der Waals surface area contributed by atoms with Crippen LogP contribution in [0.1, 0.15) is 16.7 Å². The third-order valence-electron chi connectivity index (χ3n) is 3.92. The highest BCUT2D eigenvalue weighted by Gasteiger charge is 2.15. The predicted octanol–water partition coefficient (Wildman–Crippen LogP) is 4.05. The zero-order valence-corrected chi connectivity index (χ0v) is 15.6. The van der Waals surface area contributed by atoms with E-state index in [0.29, 0.717) is 11.5 Å². The number of ether oxygens (including phenoxy) is 2. The standard InChI is InChI=1S/C19H21N3O2S/c1-12-5-7-15(13(2)9-12)20-19-22-21-16(11-25-19)14-6-8-17(23-3)18(10-14)24-4/h5-10H,11H2,1-4H3,(H,20,22). The van der Waals surface area contributed by atoms with Gasteiger partial charge in [-0.25, -0.2) is 4.99 Å². The summed E-state index contributed by atoms with van der Waals surface area (Å²) in [5, 5.41) is 5.28. The number of hydrazone groups is 1. The summed E-state index contributed by atoms with van der Waals surface area (Å²) in [5.74, 6) is 2.15. The van der Waals surface area contributed by atoms with Crippen LogP contribution >= 0.6 is 11.8 Å². The third-order valence-corrected chi connectivity index (χ3v) is 4.80. The summed E-state index contributed by atoms with van der Waals surface area (Å²) < 4.78 is 10.6. The van der Waals surface area contributed by atoms with E-state index in [-0.39, 0.29) is 0 Å². The van der Waals surface area contributed by atoms with Gasteiger partial charge >= 0.3 is 0 Å². The number of hydrogen-bond donors (Lipinski definition) is 1. The fourth-order valence-corrected chi connectivity index (χ4v) is 3.36. The largest absolute Gasteiger partial charge is 0.493 e. The maximum Gasteiger partial charge on any atom is 0.182 e. The summed E-state index contributed by atoms with van der Waals surface area (Å²) in [6.45, 7) is 4.15. The molecule has 0 unspecified atom stereocenters. The first kappa shape index (κ1) is 17.4. The van der Waals surface area contributed by atoms with Crippen LogP contribution in [0.2, 0.25) is 0 Å². The van der Waals surface area contributed by atoms with Gasteiger partial charge in [-0.05, 0) is 43.7 Å². The Balaban J connectivity index is 1.79. The van der Waals surface area contributed by atoms with E-state index in [0.717, 1.165) is 33.4 Å². The van der Waals surface area contributed by atoms with Crippen LogP contribution in [0, 0.1) is 13.8 Å². The Morgan fingerprint density at radius 3 is 2.48 bits per heavy atom. The Bertz CT molecular complexity index is 847. The van der Waals surface area contributed by atoms with Crippen LogP contribution in [0.15, 0.2) is 46.5 Å². The first-order valence-corrected chi connectivity index (χ1v) is 8.93. The number of amidine groups is 1. The average molecular weight is 355 g/mol. The minimum absolute atomic E-state index is 0.697. The van der Waals surface area contributed by atoms with E-state index >= 15 is 0 Å². The van der Waals surface area contributed by atoms with Crippen LogP contribution < -0.4 is 14.9 Å². The number of methoxy groups -OCH3 is 2. The Morgan fingerprint density at radius 2 is 1.84 bits per heavy atom. The Labute approximate surface area is 152 Å². The van der Waals surface area contributed by atoms with Crippen LogP contribution in [-0.4, -0.2) is 30.9 Å². The normalized spacial score (nSPS) is 15.5. The molecule has 1 aliphatic heterocycles. The summed E-state index contributed by atoms with van der Waals surface area (Å²) in [4.78, 5) is 4.66. The Morgan fingerprint density at radius 1 is 1.04 bits per heavy atom. The van der Waals surface area contributed by atoms with Gasteiger partial charge in [-0.15, -0.1) is 0 Å². The van der Waals surface area contributed by atoms with Gasteiger partial charge in [0.05, 0.1) is 25.6 Å². The molecular weight excluding hydrogens is 334 g/mol. The number of thioether (sulfide) groups is 1. The molecule has 0 bridgehead atoms. The van der Waals surface area contributed by atoms with Crippen LogP contribution in [0.4, 0.5) is 5.69 Å². The smallest absolute Gasteiger partial charge is 0.182 e. The molecule has 0 radical (unpaired) electrons. The number of aliphatic imine (C=N–C) groups is 1. The van der Waals surface area contributed by atoms with Gasteiger partial charge in [0.15, 0.2) is 16.7 Å². The maximum absolute atomic E-state index is 5.36. The zero-order chi connectivity index (χ0) is 17.8. The highest BCUT2D eigenvalue weighted by atomic mass is 32.2. The molecule has 0 fully saturated rings. The van der Waals surface area contributed by atoms with Crippen molar-refractivity contribution in [2.45, 2.75) is 13.8 Å². The van der Waals surface area contributed by atoms with E-state index in [4.69, 9.17) is 9.47 Å². The molecule has 0 spiro atoms. The lowest BCUT2D eigenvalue weighted by Crippen LogP contribution is -2.25. The number of rotatable bonds is 4. The molecule has 0 saturated carbocycles. The molecule has 2 aromatic rings. The molecule has 2 aromatic carbocycles. The van der Waals surface area contributed by atoms with Gasteiger partial charge in [-0.2, -0.15) is 5.10 Å². The Kier molecular flexibility index (Phi) is 5.28. The minimum atomic E-state index is 0.697. The molecule has 25 heavy (non-hydrogen) atoms. The fraction of sp³-hybridized carbons (Fsp3) is 0.263. The molecule has 0 saturated heterocycles. The second-order valence-corrected chi connectivity index (χ2v) is 6.70. The molecule has 1 aliphatic rings. The predicted molar refractivity (Wildman–Crippen MR) is 105 cm³/mol. The second kappa shape index (κ2) is 7.61. The van der Waals surface area contributed by atoms with E-state index in [1.165, 1.54) is 5.56 Å². The molecule has 6 heteroatoms. The second-order valence-electron chi connectivity index (χ2n) is 5.74. The first-order chi connectivity index (χ1) is 12.1. The average Bonchev–Trinajstić information content (AvgIpc) is 2.64. The quantitative estimate of drug-likeness (QED) is 0.899. The Hall–Kier alpha value is -2.47. The third kappa shape index (κ3) is 3.96. The van der Waals surface area contributed by atoms with Gasteiger partial charge in [0.25, 0.3) is 0 Å². The molecule has 0 aromatic heterocycles. The van der Waals surface area contributed by atoms with E-state index in [2.05, 4.69) is 41.5 Å². The summed E-state index contributed by atoms with van der Waals surface area (Å²) in [6, 6.07) is 12.0. The van der Waals surface area contributed by atoms with Crippen molar-refractivity contribution in [1.29, 1.82) is 0 Å². The van der Waals surface area contributed by atoms with Crippen LogP contribution in [0.5, 0.6) is 11.5 Å². The van der Waals surface area contributed by atoms with Gasteiger partial charge < -0.3 is 9.47 Å². The molecule has 0 atom stereocenters. The molecule has 0 aliphatic carbocycles. The van der Waals surface area contributed by atoms with Crippen LogP contribution in [0.25, 0.3) is 0 Å². The van der Waals surface area contributed by atoms with Crippen molar-refractivity contribution in [2.24, 2.45) is 10.1 Å². The van der Waals surface area contributed by atoms with Crippen molar-refractivity contribution < 1.29 is 9.47 Å². The van der Waals surface area contributed by atoms with Crippen molar-refractivity contribution in [2.75, 3.05) is 20.0 Å². The molecule has 0 amide bonds. The van der Waals surface area contributed by atoms with E-state index < -0.39 is 0 Å². The topological polar surface area (TPSA) is 55.2 Å². The molecular formula is C19H21N3O2S. The number of benzene rings is 2. The van der Waals surface area contributed by atoms with Crippen molar-refractivity contribution in [1.82, 2.24) is 5.43 Å². The molecule has 3 rings (SSSR count). The molecule has 130 valence electrons. The summed E-state index contributed by atoms with van der Waals surface area (Å²) in [6.07, 6.45) is 0. The van der Waals surface area contributed by atoms with Crippen molar-refractivity contribution >= 4 is 28.3 Å². The lowest BCUT2D eigenvalue weighted by atomic mass is 10.1. The maximum atomic E-state index is 5.36. The van der Waals surface area contributed by atoms with E-state index in [9.17, 15) is 0 Å². The molecule has 1 heterocycles. The van der Waals surface area contributed by atoms with Gasteiger partial charge in [0, 0.05) is 11.3 Å². The van der Waals surface area contributed by atoms with E-state index in [1.807, 2.05) is 24.3 Å². The highest BCUT2D eigenvalue weighted by Crippen LogP contribution is 2.29. The summed E-state index contributed by atoms with van der Waals surface area (Å²) in [7, 11) is 3.26. The van der Waals surface area contributed by atoms with Crippen molar-refractivity contribution in [3.05, 3.63) is 53.1 Å². The zero-order valence-electron chi connectivity index (χ0n) is 14.8. The molecule has 5 nitrogen and oxygen atoms in total. The lowest BCUT2D eigenvalue weighted by molar-refractivity contribution is 0.355. The number of hydrogen-bond acceptors (Lipinski definition) is 5. The highest BCUT2D eigenvalue weighted by molar-refractivity contribution is 8.14. The lowest BCUT2D eigenvalue weighted by Gasteiger charge is -2.16. The summed E-state index contributed by atoms with van der Waals surface area (Å²) >= 11 is 1.63. The number of nitrogens with one attached hydrogen (secondary N) is 1. The number of nitrogens with zero attached hydrogens (tertiary/aromatic N) is 2. The minimum Gasteiger partial charge on any atom is -0.493 e. The van der Waals surface area contributed by atoms with Crippen molar-refractivity contribution in [3.63, 3.8) is 0 Å². The van der Waals surface area contributed by atoms with Crippen LogP contribution in [-0.2, 0) is 0 Å². The number of aryl methyl sites for hydroxylation is 2. The van der Waals surface area contributed by atoms with E-state index in [1.54, 1.807) is 26.0 Å². The fourth-order valence-electron chi connectivity index (χ4n) is 2.58.